The maximum atomic E-state index is 12.8. The van der Waals surface area contributed by atoms with Crippen LogP contribution >= 0.6 is 11.8 Å². The number of aliphatic imine (C=N–C) groups is 1. The first-order valence-electron chi connectivity index (χ1n) is 13.6. The number of nitrogens with one attached hydrogen (secondary N) is 1. The number of thioether (sulfide) groups is 1. The van der Waals surface area contributed by atoms with Gasteiger partial charge in [-0.25, -0.2) is 14.5 Å². The quantitative estimate of drug-likeness (QED) is 0.245. The van der Waals surface area contributed by atoms with Crippen molar-refractivity contribution in [3.05, 3.63) is 95.3 Å². The molecule has 1 saturated heterocycles. The molecule has 1 aliphatic heterocycles. The van der Waals surface area contributed by atoms with Gasteiger partial charge in [0, 0.05) is 30.1 Å². The van der Waals surface area contributed by atoms with Gasteiger partial charge in [-0.1, -0.05) is 62.0 Å². The number of amidine groups is 1. The zero-order valence-corrected chi connectivity index (χ0v) is 24.3. The number of anilines is 1. The third-order valence-corrected chi connectivity index (χ3v) is 7.88. The molecule has 0 atom stereocenters. The summed E-state index contributed by atoms with van der Waals surface area (Å²) in [7, 11) is 0. The van der Waals surface area contributed by atoms with Crippen LogP contribution in [0.3, 0.4) is 0 Å². The van der Waals surface area contributed by atoms with Crippen LogP contribution in [0.2, 0.25) is 0 Å². The number of halogens is 3. The van der Waals surface area contributed by atoms with Crippen LogP contribution < -0.4 is 10.2 Å². The van der Waals surface area contributed by atoms with Crippen LogP contribution in [0.4, 0.5) is 23.7 Å². The molecule has 1 fully saturated rings. The van der Waals surface area contributed by atoms with E-state index in [0.29, 0.717) is 35.6 Å². The number of hydrogen-bond acceptors (Lipinski definition) is 4. The molecule has 0 unspecified atom stereocenters. The van der Waals surface area contributed by atoms with Crippen LogP contribution in [-0.2, 0) is 12.6 Å². The van der Waals surface area contributed by atoms with Crippen molar-refractivity contribution < 1.29 is 18.0 Å². The van der Waals surface area contributed by atoms with Gasteiger partial charge in [0.05, 0.1) is 11.3 Å². The van der Waals surface area contributed by atoms with E-state index in [1.807, 2.05) is 24.3 Å². The lowest BCUT2D eigenvalue weighted by molar-refractivity contribution is -0.137. The molecule has 1 aliphatic rings. The Morgan fingerprint density at radius 3 is 2.50 bits per heavy atom. The summed E-state index contributed by atoms with van der Waals surface area (Å²) in [5.74, 6) is 1.69. The maximum absolute atomic E-state index is 12.8. The lowest BCUT2D eigenvalue weighted by atomic mass is 9.99. The number of amides is 2. The minimum atomic E-state index is -4.39. The van der Waals surface area contributed by atoms with E-state index < -0.39 is 11.7 Å². The molecule has 0 saturated carbocycles. The number of carbonyl (C=O) groups excluding carboxylic acids is 1. The number of hydrogen-bond donors (Lipinski definition) is 1. The average molecular weight is 593 g/mol. The summed E-state index contributed by atoms with van der Waals surface area (Å²) in [6, 6.07) is 18.5. The van der Waals surface area contributed by atoms with Gasteiger partial charge in [-0.2, -0.15) is 18.2 Å². The maximum Gasteiger partial charge on any atom is 0.416 e. The molecule has 1 aromatic heterocycles. The zero-order chi connectivity index (χ0) is 29.9. The van der Waals surface area contributed by atoms with Gasteiger partial charge in [0.1, 0.15) is 6.33 Å². The van der Waals surface area contributed by atoms with Crippen molar-refractivity contribution in [1.82, 2.24) is 20.1 Å². The lowest BCUT2D eigenvalue weighted by Gasteiger charge is -2.23. The van der Waals surface area contributed by atoms with E-state index >= 15 is 0 Å². The van der Waals surface area contributed by atoms with E-state index in [-0.39, 0.29) is 6.03 Å². The smallest absolute Gasteiger partial charge is 0.336 e. The van der Waals surface area contributed by atoms with Crippen LogP contribution in [0.1, 0.15) is 42.0 Å². The Morgan fingerprint density at radius 1 is 1.07 bits per heavy atom. The second-order valence-electron chi connectivity index (χ2n) is 10.3. The molecular formula is C31H31F3N6OS. The molecule has 11 heteroatoms. The molecule has 5 rings (SSSR count). The van der Waals surface area contributed by atoms with Gasteiger partial charge >= 0.3 is 12.2 Å². The highest BCUT2D eigenvalue weighted by Gasteiger charge is 2.30. The predicted molar refractivity (Wildman–Crippen MR) is 161 cm³/mol. The number of nitrogens with zero attached hydrogens (tertiary/aromatic N) is 5. The summed E-state index contributed by atoms with van der Waals surface area (Å²) >= 11 is 1.59. The fraction of sp³-hybridized carbons (Fsp3) is 0.290. The van der Waals surface area contributed by atoms with Crippen molar-refractivity contribution in [2.45, 2.75) is 39.3 Å². The van der Waals surface area contributed by atoms with Crippen molar-refractivity contribution in [3.8, 4) is 17.1 Å². The molecule has 0 aliphatic carbocycles. The predicted octanol–water partition coefficient (Wildman–Crippen LogP) is 7.25. The normalized spacial score (nSPS) is 14.6. The molecule has 0 radical (unpaired) electrons. The Balaban J connectivity index is 1.17. The Hall–Kier alpha value is -4.12. The minimum absolute atomic E-state index is 0.359. The number of alkyl halides is 3. The molecule has 218 valence electrons. The number of aryl methyl sites for hydroxylation is 1. The topological polar surface area (TPSA) is 75.4 Å². The lowest BCUT2D eigenvalue weighted by Crippen LogP contribution is -2.29. The molecule has 0 spiro atoms. The van der Waals surface area contributed by atoms with E-state index in [0.717, 1.165) is 41.2 Å². The average Bonchev–Trinajstić information content (AvgIpc) is 3.63. The second kappa shape index (κ2) is 12.4. The highest BCUT2D eigenvalue weighted by atomic mass is 32.2. The van der Waals surface area contributed by atoms with Crippen LogP contribution in [0, 0.1) is 6.92 Å². The highest BCUT2D eigenvalue weighted by Crippen LogP contribution is 2.33. The third-order valence-electron chi connectivity index (χ3n) is 6.93. The second-order valence-corrected chi connectivity index (χ2v) is 11.4. The first-order chi connectivity index (χ1) is 20.1. The van der Waals surface area contributed by atoms with Gasteiger partial charge in [-0.15, -0.1) is 5.10 Å². The standard InChI is InChI=1S/C31H31F3N6OS/c1-20(2)26-13-4-21(3)18-27(26)39-16-17-42-30(39)37-29(41)35-15-14-22-5-7-23(8-6-22)28-36-19-40(38-28)25-11-9-24(10-12-25)31(32,33)34/h4-13,18-20H,14-17H2,1-3H3,(H,35,41). The molecule has 0 bridgehead atoms. The van der Waals surface area contributed by atoms with Crippen molar-refractivity contribution in [1.29, 1.82) is 0 Å². The summed E-state index contributed by atoms with van der Waals surface area (Å²) in [5, 5.41) is 8.01. The van der Waals surface area contributed by atoms with Gasteiger partial charge in [-0.3, -0.25) is 0 Å². The molecule has 7 nitrogen and oxygen atoms in total. The van der Waals surface area contributed by atoms with Crippen LogP contribution in [-0.4, -0.2) is 44.8 Å². The monoisotopic (exact) mass is 592 g/mol. The highest BCUT2D eigenvalue weighted by molar-refractivity contribution is 8.14. The Labute approximate surface area is 246 Å². The summed E-state index contributed by atoms with van der Waals surface area (Å²) in [6.45, 7) is 7.64. The molecule has 2 heterocycles. The first kappa shape index (κ1) is 29.4. The van der Waals surface area contributed by atoms with Gasteiger partial charge < -0.3 is 10.2 Å². The van der Waals surface area contributed by atoms with Crippen LogP contribution in [0.15, 0.2) is 78.0 Å². The summed E-state index contributed by atoms with van der Waals surface area (Å²) in [5.41, 5.74) is 5.08. The number of rotatable bonds is 7. The zero-order valence-electron chi connectivity index (χ0n) is 23.5. The fourth-order valence-electron chi connectivity index (χ4n) is 4.68. The summed E-state index contributed by atoms with van der Waals surface area (Å²) in [6.07, 6.45) is -2.30. The Morgan fingerprint density at radius 2 is 1.81 bits per heavy atom. The molecule has 4 aromatic rings. The van der Waals surface area contributed by atoms with E-state index in [9.17, 15) is 18.0 Å². The van der Waals surface area contributed by atoms with E-state index in [1.54, 1.807) is 11.8 Å². The molecule has 2 amide bonds. The molecular weight excluding hydrogens is 561 g/mol. The van der Waals surface area contributed by atoms with Crippen LogP contribution in [0.25, 0.3) is 17.1 Å². The van der Waals surface area contributed by atoms with Gasteiger partial charge in [0.2, 0.25) is 0 Å². The first-order valence-corrected chi connectivity index (χ1v) is 14.6. The molecule has 1 N–H and O–H groups in total. The van der Waals surface area contributed by atoms with E-state index in [1.165, 1.54) is 34.3 Å². The minimum Gasteiger partial charge on any atom is -0.336 e. The largest absolute Gasteiger partial charge is 0.416 e. The number of benzene rings is 3. The molecule has 42 heavy (non-hydrogen) atoms. The van der Waals surface area contributed by atoms with E-state index in [2.05, 4.69) is 64.3 Å². The molecule has 3 aromatic carbocycles. The van der Waals surface area contributed by atoms with E-state index in [4.69, 9.17) is 0 Å². The van der Waals surface area contributed by atoms with Crippen molar-refractivity contribution in [3.63, 3.8) is 0 Å². The number of carbonyl (C=O) groups is 1. The summed E-state index contributed by atoms with van der Waals surface area (Å²) < 4.78 is 39.9. The van der Waals surface area contributed by atoms with Crippen LogP contribution in [0.5, 0.6) is 0 Å². The van der Waals surface area contributed by atoms with Gasteiger partial charge in [-0.05, 0) is 66.3 Å². The van der Waals surface area contributed by atoms with Gasteiger partial charge in [0.25, 0.3) is 0 Å². The third kappa shape index (κ3) is 6.84. The SMILES string of the molecule is Cc1ccc(C(C)C)c(N2CCSC2=NC(=O)NCCc2ccc(-c3ncn(-c4ccc(C(F)(F)F)cc4)n3)cc2)c1. The summed E-state index contributed by atoms with van der Waals surface area (Å²) in [4.78, 5) is 23.5. The Bertz CT molecular complexity index is 1580. The van der Waals surface area contributed by atoms with Crippen molar-refractivity contribution in [2.75, 3.05) is 23.7 Å². The number of urea groups is 1. The van der Waals surface area contributed by atoms with Crippen molar-refractivity contribution in [2.24, 2.45) is 4.99 Å². The van der Waals surface area contributed by atoms with Gasteiger partial charge in [0.15, 0.2) is 11.0 Å². The fourth-order valence-corrected chi connectivity index (χ4v) is 5.63. The number of aromatic nitrogens is 3. The Kier molecular flexibility index (Phi) is 8.67. The van der Waals surface area contributed by atoms with Crippen molar-refractivity contribution >= 4 is 28.6 Å².